The zero-order valence-corrected chi connectivity index (χ0v) is 12.3. The number of aryl methyl sites for hydroxylation is 1. The van der Waals surface area contributed by atoms with Crippen LogP contribution in [0.25, 0.3) is 11.0 Å². The van der Waals surface area contributed by atoms with Crippen LogP contribution < -0.4 is 5.73 Å². The zero-order chi connectivity index (χ0) is 14.4. The molecule has 0 bridgehead atoms. The molecule has 0 spiro atoms. The van der Waals surface area contributed by atoms with E-state index < -0.39 is 0 Å². The molecule has 108 valence electrons. The van der Waals surface area contributed by atoms with Gasteiger partial charge in [-0.2, -0.15) is 0 Å². The van der Waals surface area contributed by atoms with Gasteiger partial charge in [0.2, 0.25) is 0 Å². The number of guanidine groups is 1. The van der Waals surface area contributed by atoms with E-state index >= 15 is 0 Å². The van der Waals surface area contributed by atoms with Crippen LogP contribution in [0.5, 0.6) is 0 Å². The van der Waals surface area contributed by atoms with E-state index in [9.17, 15) is 0 Å². The minimum Gasteiger partial charge on any atom is -0.370 e. The Kier molecular flexibility index (Phi) is 4.98. The minimum absolute atomic E-state index is 0.644. The monoisotopic (exact) mass is 273 g/mol. The highest BCUT2D eigenvalue weighted by Gasteiger charge is 2.02. The topological polar surface area (TPSA) is 59.4 Å². The molecule has 2 aromatic rings. The van der Waals surface area contributed by atoms with Crippen LogP contribution >= 0.6 is 0 Å². The maximum absolute atomic E-state index is 5.95. The number of hydrogen-bond donors (Lipinski definition) is 1. The van der Waals surface area contributed by atoms with Crippen LogP contribution in [0.1, 0.15) is 20.3 Å². The number of hydrogen-bond acceptors (Lipinski definition) is 2. The number of imidazole rings is 1. The number of benzene rings is 1. The summed E-state index contributed by atoms with van der Waals surface area (Å²) in [7, 11) is 0. The lowest BCUT2D eigenvalue weighted by Crippen LogP contribution is -2.37. The molecule has 20 heavy (non-hydrogen) atoms. The molecule has 5 nitrogen and oxygen atoms in total. The molecule has 1 aromatic carbocycles. The molecule has 0 aliphatic heterocycles. The molecule has 0 aliphatic rings. The third-order valence-electron chi connectivity index (χ3n) is 3.45. The zero-order valence-electron chi connectivity index (χ0n) is 12.3. The Morgan fingerprint density at radius 1 is 1.30 bits per heavy atom. The van der Waals surface area contributed by atoms with E-state index in [0.29, 0.717) is 5.96 Å². The van der Waals surface area contributed by atoms with Gasteiger partial charge in [0.05, 0.1) is 17.4 Å². The first-order chi connectivity index (χ1) is 9.76. The minimum atomic E-state index is 0.644. The van der Waals surface area contributed by atoms with Crippen molar-refractivity contribution in [3.8, 4) is 0 Å². The van der Waals surface area contributed by atoms with Crippen molar-refractivity contribution in [1.29, 1.82) is 0 Å². The Balaban J connectivity index is 1.89. The summed E-state index contributed by atoms with van der Waals surface area (Å²) in [5, 5.41) is 0. The maximum Gasteiger partial charge on any atom is 0.191 e. The Hall–Kier alpha value is -2.04. The first kappa shape index (κ1) is 14.4. The molecule has 0 radical (unpaired) electrons. The molecule has 0 amide bonds. The Morgan fingerprint density at radius 3 is 2.80 bits per heavy atom. The van der Waals surface area contributed by atoms with Crippen LogP contribution in [0.4, 0.5) is 0 Å². The molecule has 1 aromatic heterocycles. The molecule has 0 saturated heterocycles. The second-order valence-electron chi connectivity index (χ2n) is 4.69. The van der Waals surface area contributed by atoms with E-state index in [4.69, 9.17) is 5.73 Å². The van der Waals surface area contributed by atoms with Crippen molar-refractivity contribution in [3.05, 3.63) is 30.6 Å². The fourth-order valence-corrected chi connectivity index (χ4v) is 2.27. The lowest BCUT2D eigenvalue weighted by atomic mass is 10.3. The molecule has 2 rings (SSSR count). The summed E-state index contributed by atoms with van der Waals surface area (Å²) < 4.78 is 2.17. The van der Waals surface area contributed by atoms with Gasteiger partial charge >= 0.3 is 0 Å². The standard InChI is InChI=1S/C15H23N5/c1-3-19(4-2)15(16)17-10-7-11-20-12-18-13-8-5-6-9-14(13)20/h5-6,8-9,12H,3-4,7,10-11H2,1-2H3,(H2,16,17). The number of fused-ring (bicyclic) bond motifs is 1. The fourth-order valence-electron chi connectivity index (χ4n) is 2.27. The van der Waals surface area contributed by atoms with Crippen LogP contribution in [-0.2, 0) is 6.54 Å². The summed E-state index contributed by atoms with van der Waals surface area (Å²) in [6.45, 7) is 7.63. The van der Waals surface area contributed by atoms with E-state index in [1.54, 1.807) is 0 Å². The van der Waals surface area contributed by atoms with Crippen LogP contribution in [0.3, 0.4) is 0 Å². The van der Waals surface area contributed by atoms with Gasteiger partial charge in [0.1, 0.15) is 0 Å². The molecule has 5 heteroatoms. The second-order valence-corrected chi connectivity index (χ2v) is 4.69. The summed E-state index contributed by atoms with van der Waals surface area (Å²) in [6, 6.07) is 8.17. The molecule has 1 heterocycles. The lowest BCUT2D eigenvalue weighted by molar-refractivity contribution is 0.457. The van der Waals surface area contributed by atoms with Crippen molar-refractivity contribution in [3.63, 3.8) is 0 Å². The molecule has 0 saturated carbocycles. The first-order valence-electron chi connectivity index (χ1n) is 7.21. The van der Waals surface area contributed by atoms with Crippen molar-refractivity contribution in [1.82, 2.24) is 14.5 Å². The number of aliphatic imine (C=N–C) groups is 1. The van der Waals surface area contributed by atoms with Crippen molar-refractivity contribution in [2.24, 2.45) is 10.7 Å². The van der Waals surface area contributed by atoms with Gasteiger partial charge in [0.25, 0.3) is 0 Å². The van der Waals surface area contributed by atoms with Gasteiger partial charge in [-0.25, -0.2) is 4.98 Å². The Morgan fingerprint density at radius 2 is 2.05 bits per heavy atom. The molecule has 0 unspecified atom stereocenters. The predicted octanol–water partition coefficient (Wildman–Crippen LogP) is 2.08. The summed E-state index contributed by atoms with van der Waals surface area (Å²) in [6.07, 6.45) is 2.85. The van der Waals surface area contributed by atoms with Crippen LogP contribution in [0, 0.1) is 0 Å². The molecular formula is C15H23N5. The normalized spacial score (nSPS) is 12.0. The first-order valence-corrected chi connectivity index (χ1v) is 7.21. The third-order valence-corrected chi connectivity index (χ3v) is 3.45. The molecule has 0 aliphatic carbocycles. The van der Waals surface area contributed by atoms with Crippen LogP contribution in [0.15, 0.2) is 35.6 Å². The van der Waals surface area contributed by atoms with Gasteiger partial charge in [-0.05, 0) is 32.4 Å². The maximum atomic E-state index is 5.95. The van der Waals surface area contributed by atoms with Crippen molar-refractivity contribution in [2.45, 2.75) is 26.8 Å². The van der Waals surface area contributed by atoms with Gasteiger partial charge in [0, 0.05) is 26.2 Å². The smallest absolute Gasteiger partial charge is 0.191 e. The molecule has 0 atom stereocenters. The van der Waals surface area contributed by atoms with Gasteiger partial charge in [-0.1, -0.05) is 12.1 Å². The van der Waals surface area contributed by atoms with E-state index in [1.807, 2.05) is 24.5 Å². The number of para-hydroxylation sites is 2. The average Bonchev–Trinajstić information content (AvgIpc) is 2.88. The van der Waals surface area contributed by atoms with Crippen molar-refractivity contribution < 1.29 is 0 Å². The largest absolute Gasteiger partial charge is 0.370 e. The highest BCUT2D eigenvalue weighted by atomic mass is 15.2. The van der Waals surface area contributed by atoms with E-state index in [0.717, 1.165) is 38.1 Å². The fraction of sp³-hybridized carbons (Fsp3) is 0.467. The van der Waals surface area contributed by atoms with E-state index in [2.05, 4.69) is 39.4 Å². The number of aromatic nitrogens is 2. The molecular weight excluding hydrogens is 250 g/mol. The number of rotatable bonds is 6. The summed E-state index contributed by atoms with van der Waals surface area (Å²) in [5.41, 5.74) is 8.16. The SMILES string of the molecule is CCN(CC)C(N)=NCCCn1cnc2ccccc21. The molecule has 2 N–H and O–H groups in total. The Bertz CT molecular complexity index is 568. The van der Waals surface area contributed by atoms with Gasteiger partial charge in [-0.3, -0.25) is 4.99 Å². The Labute approximate surface area is 120 Å². The van der Waals surface area contributed by atoms with Crippen LogP contribution in [0.2, 0.25) is 0 Å². The lowest BCUT2D eigenvalue weighted by Gasteiger charge is -2.19. The number of nitrogens with two attached hydrogens (primary N) is 1. The summed E-state index contributed by atoms with van der Waals surface area (Å²) in [4.78, 5) is 10.9. The van der Waals surface area contributed by atoms with E-state index in [1.165, 1.54) is 5.52 Å². The number of nitrogens with zero attached hydrogens (tertiary/aromatic N) is 4. The van der Waals surface area contributed by atoms with Gasteiger partial charge in [0.15, 0.2) is 5.96 Å². The van der Waals surface area contributed by atoms with Crippen molar-refractivity contribution in [2.75, 3.05) is 19.6 Å². The van der Waals surface area contributed by atoms with Crippen molar-refractivity contribution >= 4 is 17.0 Å². The summed E-state index contributed by atoms with van der Waals surface area (Å²) >= 11 is 0. The highest BCUT2D eigenvalue weighted by Crippen LogP contribution is 2.11. The third kappa shape index (κ3) is 3.29. The second kappa shape index (κ2) is 6.93. The highest BCUT2D eigenvalue weighted by molar-refractivity contribution is 5.78. The summed E-state index contributed by atoms with van der Waals surface area (Å²) in [5.74, 6) is 0.644. The van der Waals surface area contributed by atoms with Crippen LogP contribution in [-0.4, -0.2) is 40.0 Å². The van der Waals surface area contributed by atoms with E-state index in [-0.39, 0.29) is 0 Å². The van der Waals surface area contributed by atoms with Gasteiger partial charge < -0.3 is 15.2 Å². The average molecular weight is 273 g/mol. The quantitative estimate of drug-likeness (QED) is 0.498. The predicted molar refractivity (Wildman–Crippen MR) is 83.8 cm³/mol. The molecule has 0 fully saturated rings. The van der Waals surface area contributed by atoms with Gasteiger partial charge in [-0.15, -0.1) is 0 Å².